The minimum absolute atomic E-state index is 0.0211. The van der Waals surface area contributed by atoms with E-state index in [2.05, 4.69) is 40.7 Å². The summed E-state index contributed by atoms with van der Waals surface area (Å²) in [6.07, 6.45) is 1.40. The van der Waals surface area contributed by atoms with Crippen LogP contribution >= 0.6 is 0 Å². The van der Waals surface area contributed by atoms with Gasteiger partial charge in [0.25, 0.3) is 5.91 Å². The van der Waals surface area contributed by atoms with Gasteiger partial charge in [-0.2, -0.15) is 13.2 Å². The number of hydrogen-bond acceptors (Lipinski definition) is 10. The summed E-state index contributed by atoms with van der Waals surface area (Å²) in [6, 6.07) is 10.2. The maximum absolute atomic E-state index is 13.8. The lowest BCUT2D eigenvalue weighted by molar-refractivity contribution is -0.137. The number of imidazole rings is 1. The fraction of sp³-hybridized carbons (Fsp3) is 0.412. The summed E-state index contributed by atoms with van der Waals surface area (Å²) in [7, 11) is 1.99. The Morgan fingerprint density at radius 3 is 2.59 bits per heavy atom. The largest absolute Gasteiger partial charge is 0.490 e. The van der Waals surface area contributed by atoms with Crippen molar-refractivity contribution in [3.8, 4) is 11.6 Å². The van der Waals surface area contributed by atoms with Crippen molar-refractivity contribution in [3.63, 3.8) is 0 Å². The Bertz CT molecular complexity index is 1740. The first kappa shape index (κ1) is 34.1. The zero-order chi connectivity index (χ0) is 34.4. The number of morpholine rings is 1. The first-order chi connectivity index (χ1) is 23.6. The molecular formula is C34H40F3N9O3. The quantitative estimate of drug-likeness (QED) is 0.195. The molecule has 0 spiro atoms. The van der Waals surface area contributed by atoms with E-state index < -0.39 is 17.6 Å². The number of aryl methyl sites for hydroxylation is 1. The summed E-state index contributed by atoms with van der Waals surface area (Å²) >= 11 is 0. The number of alkyl halides is 3. The van der Waals surface area contributed by atoms with E-state index in [0.29, 0.717) is 41.8 Å². The lowest BCUT2D eigenvalue weighted by atomic mass is 10.1. The molecule has 12 nitrogen and oxygen atoms in total. The summed E-state index contributed by atoms with van der Waals surface area (Å²) in [5, 5.41) is 9.39. The van der Waals surface area contributed by atoms with Crippen LogP contribution in [0.15, 0.2) is 61.2 Å². The minimum Gasteiger partial charge on any atom is -0.490 e. The first-order valence-corrected chi connectivity index (χ1v) is 16.3. The second-order valence-corrected chi connectivity index (χ2v) is 12.2. The highest BCUT2D eigenvalue weighted by atomic mass is 19.4. The minimum atomic E-state index is -4.65. The maximum atomic E-state index is 13.8. The average molecular weight is 680 g/mol. The number of rotatable bonds is 11. The standard InChI is InChI=1S/C34H40F3N9O3/c1-23-3-4-26(42-32(47)24-17-25(34(35,36)37)19-28(18-24)49-27-5-9-44(2)10-6-27)20-29(23)43-33-39-8-12-46(33)31-21-30(40-22-41-31)38-7-11-45-13-15-48-16-14-45/h3-4,8,12,17-22,27H,5-7,9-11,13-16H2,1-2H3,(H,39,43)(H,42,47)(H,38,40,41). The van der Waals surface area contributed by atoms with E-state index in [-0.39, 0.29) is 17.4 Å². The second kappa shape index (κ2) is 15.2. The summed E-state index contributed by atoms with van der Waals surface area (Å²) in [4.78, 5) is 31.0. The topological polar surface area (TPSA) is 122 Å². The van der Waals surface area contributed by atoms with E-state index in [1.165, 1.54) is 12.4 Å². The fourth-order valence-electron chi connectivity index (χ4n) is 5.74. The van der Waals surface area contributed by atoms with Crippen LogP contribution in [0.3, 0.4) is 0 Å². The Labute approximate surface area is 282 Å². The van der Waals surface area contributed by atoms with Crippen molar-refractivity contribution in [2.24, 2.45) is 0 Å². The van der Waals surface area contributed by atoms with E-state index in [4.69, 9.17) is 9.47 Å². The van der Waals surface area contributed by atoms with Gasteiger partial charge >= 0.3 is 6.18 Å². The van der Waals surface area contributed by atoms with Crippen LogP contribution in [0.1, 0.15) is 34.3 Å². The normalized spacial score (nSPS) is 16.3. The predicted molar refractivity (Wildman–Crippen MR) is 180 cm³/mol. The van der Waals surface area contributed by atoms with Crippen molar-refractivity contribution >= 4 is 29.0 Å². The van der Waals surface area contributed by atoms with Gasteiger partial charge in [-0.3, -0.25) is 14.3 Å². The Morgan fingerprint density at radius 2 is 1.82 bits per heavy atom. The van der Waals surface area contributed by atoms with Gasteiger partial charge in [0.1, 0.15) is 29.8 Å². The number of halogens is 3. The molecule has 0 bridgehead atoms. The molecule has 2 aromatic carbocycles. The predicted octanol–water partition coefficient (Wildman–Crippen LogP) is 5.20. The zero-order valence-electron chi connectivity index (χ0n) is 27.5. The number of anilines is 4. The Balaban J connectivity index is 1.14. The van der Waals surface area contributed by atoms with Crippen molar-refractivity contribution in [2.45, 2.75) is 32.0 Å². The highest BCUT2D eigenvalue weighted by molar-refractivity contribution is 6.05. The van der Waals surface area contributed by atoms with Crippen LogP contribution in [-0.4, -0.2) is 101 Å². The molecule has 0 atom stereocenters. The van der Waals surface area contributed by atoms with Crippen molar-refractivity contribution in [2.75, 3.05) is 75.5 Å². The van der Waals surface area contributed by atoms with Crippen LogP contribution in [0.5, 0.6) is 5.75 Å². The number of carbonyl (C=O) groups excluding carboxylic acids is 1. The van der Waals surface area contributed by atoms with Crippen LogP contribution in [-0.2, 0) is 10.9 Å². The molecule has 15 heteroatoms. The molecule has 2 aliphatic heterocycles. The van der Waals surface area contributed by atoms with Gasteiger partial charge in [-0.25, -0.2) is 15.0 Å². The highest BCUT2D eigenvalue weighted by Crippen LogP contribution is 2.34. The van der Waals surface area contributed by atoms with Crippen molar-refractivity contribution in [1.29, 1.82) is 0 Å². The molecule has 260 valence electrons. The Morgan fingerprint density at radius 1 is 1.02 bits per heavy atom. The van der Waals surface area contributed by atoms with E-state index in [1.807, 2.05) is 20.0 Å². The fourth-order valence-corrected chi connectivity index (χ4v) is 5.74. The summed E-state index contributed by atoms with van der Waals surface area (Å²) in [5.41, 5.74) is 0.787. The van der Waals surface area contributed by atoms with Crippen LogP contribution < -0.4 is 20.7 Å². The summed E-state index contributed by atoms with van der Waals surface area (Å²) in [6.45, 7) is 8.35. The molecule has 2 aliphatic rings. The van der Waals surface area contributed by atoms with E-state index >= 15 is 0 Å². The van der Waals surface area contributed by atoms with Crippen LogP contribution in [0.25, 0.3) is 5.82 Å². The lowest BCUT2D eigenvalue weighted by Gasteiger charge is -2.29. The smallest absolute Gasteiger partial charge is 0.416 e. The second-order valence-electron chi connectivity index (χ2n) is 12.2. The molecule has 0 aliphatic carbocycles. The van der Waals surface area contributed by atoms with E-state index in [1.54, 1.807) is 35.2 Å². The molecule has 0 radical (unpaired) electrons. The van der Waals surface area contributed by atoms with Gasteiger partial charge in [-0.05, 0) is 62.7 Å². The molecule has 0 unspecified atom stereocenters. The monoisotopic (exact) mass is 679 g/mol. The summed E-state index contributed by atoms with van der Waals surface area (Å²) in [5.74, 6) is 1.07. The number of nitrogens with one attached hydrogen (secondary N) is 3. The zero-order valence-corrected chi connectivity index (χ0v) is 27.5. The Hall–Kier alpha value is -4.73. The number of piperidine rings is 1. The number of carbonyl (C=O) groups is 1. The molecule has 49 heavy (non-hydrogen) atoms. The number of ether oxygens (including phenoxy) is 2. The van der Waals surface area contributed by atoms with Crippen LogP contribution in [0.4, 0.5) is 36.3 Å². The number of aromatic nitrogens is 4. The van der Waals surface area contributed by atoms with Gasteiger partial charge in [0.05, 0.1) is 18.8 Å². The molecule has 0 saturated carbocycles. The third kappa shape index (κ3) is 9.04. The van der Waals surface area contributed by atoms with Crippen molar-refractivity contribution in [3.05, 3.63) is 77.9 Å². The van der Waals surface area contributed by atoms with Gasteiger partial charge in [-0.15, -0.1) is 0 Å². The lowest BCUT2D eigenvalue weighted by Crippen LogP contribution is -2.39. The van der Waals surface area contributed by atoms with Crippen LogP contribution in [0.2, 0.25) is 0 Å². The molecule has 4 aromatic rings. The van der Waals surface area contributed by atoms with Crippen molar-refractivity contribution in [1.82, 2.24) is 29.3 Å². The van der Waals surface area contributed by atoms with Gasteiger partial charge in [0.15, 0.2) is 0 Å². The Kier molecular flexibility index (Phi) is 10.6. The third-order valence-corrected chi connectivity index (χ3v) is 8.58. The molecule has 6 rings (SSSR count). The molecule has 1 amide bonds. The van der Waals surface area contributed by atoms with Crippen molar-refractivity contribution < 1.29 is 27.4 Å². The highest BCUT2D eigenvalue weighted by Gasteiger charge is 2.32. The van der Waals surface area contributed by atoms with E-state index in [0.717, 1.165) is 70.2 Å². The maximum Gasteiger partial charge on any atom is 0.416 e. The van der Waals surface area contributed by atoms with Crippen LogP contribution in [0, 0.1) is 6.92 Å². The molecular weight excluding hydrogens is 639 g/mol. The molecule has 2 aromatic heterocycles. The average Bonchev–Trinajstić information content (AvgIpc) is 3.55. The SMILES string of the molecule is Cc1ccc(NC(=O)c2cc(OC3CCN(C)CC3)cc(C(F)(F)F)c2)cc1Nc1nccn1-c1cc(NCCN2CCOCC2)ncn1. The number of amides is 1. The third-order valence-electron chi connectivity index (χ3n) is 8.58. The molecule has 3 N–H and O–H groups in total. The molecule has 2 saturated heterocycles. The first-order valence-electron chi connectivity index (χ1n) is 16.3. The van der Waals surface area contributed by atoms with Gasteiger partial charge in [-0.1, -0.05) is 6.07 Å². The number of nitrogens with zero attached hydrogens (tertiary/aromatic N) is 6. The molecule has 2 fully saturated rings. The number of benzene rings is 2. The number of hydrogen-bond donors (Lipinski definition) is 3. The van der Waals surface area contributed by atoms with E-state index in [9.17, 15) is 18.0 Å². The number of likely N-dealkylation sites (tertiary alicyclic amines) is 1. The van der Waals surface area contributed by atoms with Gasteiger partial charge in [0.2, 0.25) is 5.95 Å². The summed E-state index contributed by atoms with van der Waals surface area (Å²) < 4.78 is 54.6. The molecule has 4 heterocycles. The van der Waals surface area contributed by atoms with Gasteiger partial charge < -0.3 is 30.3 Å². The van der Waals surface area contributed by atoms with Gasteiger partial charge in [0, 0.05) is 74.7 Å².